The molecule has 0 fully saturated rings. The van der Waals surface area contributed by atoms with Gasteiger partial charge in [0.05, 0.1) is 12.0 Å². The highest BCUT2D eigenvalue weighted by molar-refractivity contribution is 7.91. The van der Waals surface area contributed by atoms with Crippen LogP contribution < -0.4 is 10.5 Å². The molecule has 0 heterocycles. The molecule has 20 heavy (non-hydrogen) atoms. The molecule has 2 N–H and O–H groups in total. The summed E-state index contributed by atoms with van der Waals surface area (Å²) in [5.74, 6) is 0.468. The predicted molar refractivity (Wildman–Crippen MR) is 78.3 cm³/mol. The second-order valence-electron chi connectivity index (χ2n) is 4.52. The van der Waals surface area contributed by atoms with Crippen molar-refractivity contribution in [2.45, 2.75) is 17.2 Å². The molecule has 1 atom stereocenters. The topological polar surface area (TPSA) is 69.4 Å². The molecule has 0 aliphatic heterocycles. The van der Waals surface area contributed by atoms with E-state index >= 15 is 0 Å². The van der Waals surface area contributed by atoms with Crippen LogP contribution in [0.4, 0.5) is 0 Å². The Morgan fingerprint density at radius 1 is 1.05 bits per heavy atom. The molecule has 2 rings (SSSR count). The van der Waals surface area contributed by atoms with Gasteiger partial charge in [-0.3, -0.25) is 0 Å². The van der Waals surface area contributed by atoms with Gasteiger partial charge in [-0.15, -0.1) is 0 Å². The Hall–Kier alpha value is -1.85. The molecule has 0 bridgehead atoms. The molecule has 0 aromatic heterocycles. The first-order valence-corrected chi connectivity index (χ1v) is 7.70. The monoisotopic (exact) mass is 291 g/mol. The lowest BCUT2D eigenvalue weighted by molar-refractivity contribution is 0.408. The highest BCUT2D eigenvalue weighted by atomic mass is 32.2. The SMILES string of the molecule is COc1ccccc1C(N)S(=O)(=O)c1ccc(C)cc1. The number of aryl methyl sites for hydroxylation is 1. The van der Waals surface area contributed by atoms with Crippen LogP contribution in [0.5, 0.6) is 5.75 Å². The number of rotatable bonds is 4. The normalized spacial score (nSPS) is 12.9. The fraction of sp³-hybridized carbons (Fsp3) is 0.200. The zero-order valence-electron chi connectivity index (χ0n) is 11.4. The third-order valence-electron chi connectivity index (χ3n) is 3.13. The number of hydrogen-bond acceptors (Lipinski definition) is 4. The smallest absolute Gasteiger partial charge is 0.198 e. The van der Waals surface area contributed by atoms with Crippen molar-refractivity contribution < 1.29 is 13.2 Å². The van der Waals surface area contributed by atoms with Gasteiger partial charge in [-0.05, 0) is 25.1 Å². The number of sulfone groups is 1. The fourth-order valence-corrected chi connectivity index (χ4v) is 3.28. The van der Waals surface area contributed by atoms with Gasteiger partial charge in [-0.25, -0.2) is 8.42 Å². The van der Waals surface area contributed by atoms with Crippen molar-refractivity contribution in [3.05, 3.63) is 59.7 Å². The molecule has 0 saturated heterocycles. The number of para-hydroxylation sites is 1. The average Bonchev–Trinajstić information content (AvgIpc) is 2.46. The lowest BCUT2D eigenvalue weighted by Crippen LogP contribution is -2.22. The van der Waals surface area contributed by atoms with Crippen LogP contribution in [0.25, 0.3) is 0 Å². The summed E-state index contributed by atoms with van der Waals surface area (Å²) in [5, 5.41) is -1.15. The molecule has 0 spiro atoms. The number of methoxy groups -OCH3 is 1. The lowest BCUT2D eigenvalue weighted by Gasteiger charge is -2.16. The number of ether oxygens (including phenoxy) is 1. The van der Waals surface area contributed by atoms with Crippen LogP contribution in [0.2, 0.25) is 0 Å². The summed E-state index contributed by atoms with van der Waals surface area (Å²) in [6.45, 7) is 1.90. The first-order chi connectivity index (χ1) is 9.46. The molecule has 2 aromatic rings. The number of benzene rings is 2. The summed E-state index contributed by atoms with van der Waals surface area (Å²) < 4.78 is 30.2. The summed E-state index contributed by atoms with van der Waals surface area (Å²) >= 11 is 0. The molecule has 0 radical (unpaired) electrons. The Labute approximate surface area is 119 Å². The molecule has 0 saturated carbocycles. The maximum atomic E-state index is 12.5. The number of hydrogen-bond donors (Lipinski definition) is 1. The van der Waals surface area contributed by atoms with Crippen LogP contribution in [-0.4, -0.2) is 15.5 Å². The molecule has 106 valence electrons. The third kappa shape index (κ3) is 2.69. The third-order valence-corrected chi connectivity index (χ3v) is 4.98. The standard InChI is InChI=1S/C15H17NO3S/c1-11-7-9-12(10-8-11)20(17,18)15(16)13-5-3-4-6-14(13)19-2/h3-10,15H,16H2,1-2H3. The van der Waals surface area contributed by atoms with E-state index in [0.717, 1.165) is 5.56 Å². The Morgan fingerprint density at radius 2 is 1.65 bits per heavy atom. The zero-order chi connectivity index (χ0) is 14.8. The van der Waals surface area contributed by atoms with E-state index in [1.54, 1.807) is 48.5 Å². The molecule has 0 amide bonds. The van der Waals surface area contributed by atoms with Gasteiger partial charge < -0.3 is 10.5 Å². The van der Waals surface area contributed by atoms with Crippen LogP contribution >= 0.6 is 0 Å². The zero-order valence-corrected chi connectivity index (χ0v) is 12.2. The van der Waals surface area contributed by atoms with Crippen LogP contribution in [0, 0.1) is 6.92 Å². The van der Waals surface area contributed by atoms with Gasteiger partial charge in [0.15, 0.2) is 9.84 Å². The molecule has 5 heteroatoms. The van der Waals surface area contributed by atoms with Crippen molar-refractivity contribution in [1.82, 2.24) is 0 Å². The summed E-state index contributed by atoms with van der Waals surface area (Å²) in [6, 6.07) is 13.5. The second kappa shape index (κ2) is 5.64. The maximum absolute atomic E-state index is 12.5. The Balaban J connectivity index is 2.46. The Bertz CT molecular complexity index is 693. The van der Waals surface area contributed by atoms with Crippen molar-refractivity contribution in [2.75, 3.05) is 7.11 Å². The van der Waals surface area contributed by atoms with Crippen LogP contribution in [-0.2, 0) is 9.84 Å². The van der Waals surface area contributed by atoms with E-state index in [2.05, 4.69) is 0 Å². The first-order valence-electron chi connectivity index (χ1n) is 6.16. The first kappa shape index (κ1) is 14.6. The van der Waals surface area contributed by atoms with Gasteiger partial charge in [0.1, 0.15) is 11.1 Å². The van der Waals surface area contributed by atoms with E-state index in [9.17, 15) is 8.42 Å². The van der Waals surface area contributed by atoms with Crippen molar-refractivity contribution >= 4 is 9.84 Å². The van der Waals surface area contributed by atoms with E-state index in [4.69, 9.17) is 10.5 Å². The predicted octanol–water partition coefficient (Wildman–Crippen LogP) is 2.43. The van der Waals surface area contributed by atoms with Crippen molar-refractivity contribution in [3.63, 3.8) is 0 Å². The summed E-state index contributed by atoms with van der Waals surface area (Å²) in [7, 11) is -2.15. The summed E-state index contributed by atoms with van der Waals surface area (Å²) in [5.41, 5.74) is 7.40. The molecular weight excluding hydrogens is 274 g/mol. The van der Waals surface area contributed by atoms with E-state index in [1.165, 1.54) is 7.11 Å². The summed E-state index contributed by atoms with van der Waals surface area (Å²) in [4.78, 5) is 0.210. The van der Waals surface area contributed by atoms with Crippen LogP contribution in [0.15, 0.2) is 53.4 Å². The van der Waals surface area contributed by atoms with E-state index in [0.29, 0.717) is 11.3 Å². The van der Waals surface area contributed by atoms with E-state index in [-0.39, 0.29) is 4.90 Å². The van der Waals surface area contributed by atoms with Gasteiger partial charge >= 0.3 is 0 Å². The van der Waals surface area contributed by atoms with Crippen LogP contribution in [0.1, 0.15) is 16.5 Å². The molecular formula is C15H17NO3S. The largest absolute Gasteiger partial charge is 0.496 e. The molecule has 0 aliphatic rings. The molecule has 0 aliphatic carbocycles. The minimum absolute atomic E-state index is 0.210. The van der Waals surface area contributed by atoms with E-state index < -0.39 is 15.2 Å². The van der Waals surface area contributed by atoms with Crippen molar-refractivity contribution in [2.24, 2.45) is 5.73 Å². The van der Waals surface area contributed by atoms with Gasteiger partial charge in [-0.1, -0.05) is 35.9 Å². The van der Waals surface area contributed by atoms with Gasteiger partial charge in [-0.2, -0.15) is 0 Å². The lowest BCUT2D eigenvalue weighted by atomic mass is 10.2. The maximum Gasteiger partial charge on any atom is 0.198 e. The van der Waals surface area contributed by atoms with Gasteiger partial charge in [0, 0.05) is 5.56 Å². The van der Waals surface area contributed by atoms with Gasteiger partial charge in [0.2, 0.25) is 0 Å². The Morgan fingerprint density at radius 3 is 2.25 bits per heavy atom. The Kier molecular flexibility index (Phi) is 4.11. The van der Waals surface area contributed by atoms with E-state index in [1.807, 2.05) is 6.92 Å². The number of nitrogens with two attached hydrogens (primary N) is 1. The highest BCUT2D eigenvalue weighted by Gasteiger charge is 2.27. The second-order valence-corrected chi connectivity index (χ2v) is 6.59. The summed E-state index contributed by atoms with van der Waals surface area (Å²) in [6.07, 6.45) is 0. The van der Waals surface area contributed by atoms with Crippen LogP contribution in [0.3, 0.4) is 0 Å². The minimum Gasteiger partial charge on any atom is -0.496 e. The van der Waals surface area contributed by atoms with Crippen molar-refractivity contribution in [3.8, 4) is 5.75 Å². The average molecular weight is 291 g/mol. The fourth-order valence-electron chi connectivity index (χ4n) is 1.94. The molecule has 4 nitrogen and oxygen atoms in total. The highest BCUT2D eigenvalue weighted by Crippen LogP contribution is 2.30. The van der Waals surface area contributed by atoms with Crippen molar-refractivity contribution in [1.29, 1.82) is 0 Å². The minimum atomic E-state index is -3.64. The quantitative estimate of drug-likeness (QED) is 0.939. The molecule has 1 unspecified atom stereocenters. The van der Waals surface area contributed by atoms with Gasteiger partial charge in [0.25, 0.3) is 0 Å². The molecule has 2 aromatic carbocycles.